The van der Waals surface area contributed by atoms with E-state index < -0.39 is 30.2 Å². The number of aryl methyl sites for hydroxylation is 1. The van der Waals surface area contributed by atoms with Crippen LogP contribution in [0.15, 0.2) is 65.1 Å². The summed E-state index contributed by atoms with van der Waals surface area (Å²) in [6.45, 7) is 1.69. The van der Waals surface area contributed by atoms with Crippen LogP contribution in [-0.4, -0.2) is 39.3 Å². The lowest BCUT2D eigenvalue weighted by Gasteiger charge is -2.18. The van der Waals surface area contributed by atoms with Crippen molar-refractivity contribution in [3.05, 3.63) is 83.6 Å². The molecule has 4 aromatic rings. The van der Waals surface area contributed by atoms with Crippen LogP contribution in [0.25, 0.3) is 22.7 Å². The molecule has 2 heterocycles. The summed E-state index contributed by atoms with van der Waals surface area (Å²) in [5, 5.41) is 19.7. The summed E-state index contributed by atoms with van der Waals surface area (Å²) >= 11 is 0. The van der Waals surface area contributed by atoms with Crippen molar-refractivity contribution in [2.45, 2.75) is 19.4 Å². The van der Waals surface area contributed by atoms with Gasteiger partial charge in [-0.2, -0.15) is 0 Å². The molecular weight excluding hydrogens is 455 g/mol. The van der Waals surface area contributed by atoms with E-state index in [1.807, 2.05) is 0 Å². The lowest BCUT2D eigenvalue weighted by atomic mass is 10.0. The number of nitrogens with one attached hydrogen (secondary N) is 1. The Morgan fingerprint density at radius 2 is 1.86 bits per heavy atom. The highest BCUT2D eigenvalue weighted by molar-refractivity contribution is 5.94. The summed E-state index contributed by atoms with van der Waals surface area (Å²) in [7, 11) is 1.48. The largest absolute Gasteiger partial charge is 0.494 e. The third kappa shape index (κ3) is 5.32. The Labute approximate surface area is 199 Å². The molecule has 178 valence electrons. The number of aromatic nitrogens is 3. The number of rotatable bonds is 8. The second-order valence-corrected chi connectivity index (χ2v) is 7.60. The molecule has 2 N–H and O–H groups in total. The zero-order valence-corrected chi connectivity index (χ0v) is 18.9. The van der Waals surface area contributed by atoms with Crippen molar-refractivity contribution >= 4 is 11.9 Å². The molecule has 0 radical (unpaired) electrons. The van der Waals surface area contributed by atoms with Crippen molar-refractivity contribution in [3.8, 4) is 28.5 Å². The Morgan fingerprint density at radius 1 is 1.09 bits per heavy atom. The van der Waals surface area contributed by atoms with Gasteiger partial charge in [0.1, 0.15) is 23.0 Å². The average molecular weight is 476 g/mol. The summed E-state index contributed by atoms with van der Waals surface area (Å²) in [6, 6.07) is 14.8. The Bertz CT molecular complexity index is 1390. The van der Waals surface area contributed by atoms with Gasteiger partial charge in [-0.1, -0.05) is 30.3 Å². The number of nitrogens with zero attached hydrogens (tertiary/aromatic N) is 3. The third-order valence-electron chi connectivity index (χ3n) is 5.18. The van der Waals surface area contributed by atoms with Gasteiger partial charge in [-0.3, -0.25) is 9.59 Å². The number of carboxylic acids is 1. The molecule has 0 fully saturated rings. The summed E-state index contributed by atoms with van der Waals surface area (Å²) in [5.74, 6) is -1.29. The molecule has 2 aromatic carbocycles. The van der Waals surface area contributed by atoms with Crippen molar-refractivity contribution < 1.29 is 28.2 Å². The highest BCUT2D eigenvalue weighted by Gasteiger charge is 2.23. The zero-order valence-electron chi connectivity index (χ0n) is 18.9. The quantitative estimate of drug-likeness (QED) is 0.387. The van der Waals surface area contributed by atoms with Crippen molar-refractivity contribution in [2.24, 2.45) is 0 Å². The maximum atomic E-state index is 14.3. The fourth-order valence-corrected chi connectivity index (χ4v) is 3.56. The first kappa shape index (κ1) is 23.6. The van der Waals surface area contributed by atoms with Crippen LogP contribution in [0, 0.1) is 12.7 Å². The molecule has 1 amide bonds. The first-order valence-corrected chi connectivity index (χ1v) is 10.6. The standard InChI is InChI=1S/C25H21FN4O5/c1-14-29-30-25(35-14)16-7-5-6-15(12-16)23-21(34-2)11-10-19(27-23)24(33)28-20(13-22(31)32)17-8-3-4-9-18(17)26/h3-12,20H,13H2,1-2H3,(H,28,33)(H,31,32)/t20-/m0/s1. The van der Waals surface area contributed by atoms with E-state index in [2.05, 4.69) is 20.5 Å². The molecule has 4 rings (SSSR count). The molecule has 0 aliphatic carbocycles. The van der Waals surface area contributed by atoms with Crippen LogP contribution >= 0.6 is 0 Å². The predicted octanol–water partition coefficient (Wildman–Crippen LogP) is 4.20. The van der Waals surface area contributed by atoms with Gasteiger partial charge in [0.25, 0.3) is 5.91 Å². The van der Waals surface area contributed by atoms with Crippen LogP contribution in [0.5, 0.6) is 5.75 Å². The van der Waals surface area contributed by atoms with Crippen LogP contribution in [-0.2, 0) is 4.79 Å². The topological polar surface area (TPSA) is 127 Å². The van der Waals surface area contributed by atoms with Gasteiger partial charge in [-0.15, -0.1) is 10.2 Å². The SMILES string of the molecule is COc1ccc(C(=O)N[C@@H](CC(=O)O)c2ccccc2F)nc1-c1cccc(-c2nnc(C)o2)c1. The molecule has 0 aliphatic heterocycles. The molecule has 0 saturated carbocycles. The monoisotopic (exact) mass is 476 g/mol. The number of pyridine rings is 1. The van der Waals surface area contributed by atoms with E-state index >= 15 is 0 Å². The normalized spacial score (nSPS) is 11.6. The van der Waals surface area contributed by atoms with Gasteiger partial charge in [-0.05, 0) is 30.3 Å². The maximum absolute atomic E-state index is 14.3. The minimum absolute atomic E-state index is 0.00608. The highest BCUT2D eigenvalue weighted by Crippen LogP contribution is 2.31. The van der Waals surface area contributed by atoms with Gasteiger partial charge in [0, 0.05) is 23.6 Å². The number of amides is 1. The predicted molar refractivity (Wildman–Crippen MR) is 123 cm³/mol. The molecule has 1 atom stereocenters. The molecule has 9 nitrogen and oxygen atoms in total. The second-order valence-electron chi connectivity index (χ2n) is 7.60. The number of carbonyl (C=O) groups is 2. The third-order valence-corrected chi connectivity index (χ3v) is 5.18. The molecule has 0 spiro atoms. The van der Waals surface area contributed by atoms with E-state index in [0.29, 0.717) is 34.4 Å². The van der Waals surface area contributed by atoms with Crippen LogP contribution in [0.2, 0.25) is 0 Å². The number of benzene rings is 2. The van der Waals surface area contributed by atoms with Crippen LogP contribution in [0.1, 0.15) is 34.4 Å². The molecule has 0 saturated heterocycles. The number of ether oxygens (including phenoxy) is 1. The Kier molecular flexibility index (Phi) is 6.81. The van der Waals surface area contributed by atoms with Crippen molar-refractivity contribution in [1.82, 2.24) is 20.5 Å². The Hall–Kier alpha value is -4.60. The lowest BCUT2D eigenvalue weighted by Crippen LogP contribution is -2.31. The lowest BCUT2D eigenvalue weighted by molar-refractivity contribution is -0.137. The number of hydrogen-bond donors (Lipinski definition) is 2. The number of carbonyl (C=O) groups excluding carboxylic acids is 1. The zero-order chi connectivity index (χ0) is 24.9. The van der Waals surface area contributed by atoms with Crippen molar-refractivity contribution in [3.63, 3.8) is 0 Å². The second kappa shape index (κ2) is 10.1. The number of halogens is 1. The first-order valence-electron chi connectivity index (χ1n) is 10.6. The van der Waals surface area contributed by atoms with E-state index in [-0.39, 0.29) is 11.3 Å². The average Bonchev–Trinajstić information content (AvgIpc) is 3.29. The minimum atomic E-state index is -1.19. The summed E-state index contributed by atoms with van der Waals surface area (Å²) in [5.41, 5.74) is 1.73. The molecule has 35 heavy (non-hydrogen) atoms. The van der Waals surface area contributed by atoms with E-state index in [4.69, 9.17) is 9.15 Å². The first-order chi connectivity index (χ1) is 16.9. The number of carboxylic acid groups (broad SMARTS) is 1. The van der Waals surface area contributed by atoms with Gasteiger partial charge < -0.3 is 19.6 Å². The Balaban J connectivity index is 1.67. The van der Waals surface area contributed by atoms with Gasteiger partial charge in [0.05, 0.1) is 19.6 Å². The Morgan fingerprint density at radius 3 is 2.54 bits per heavy atom. The van der Waals surface area contributed by atoms with E-state index in [0.717, 1.165) is 0 Å². The molecule has 0 aliphatic rings. The molecule has 0 unspecified atom stereocenters. The van der Waals surface area contributed by atoms with Crippen LogP contribution in [0.3, 0.4) is 0 Å². The number of hydrogen-bond acceptors (Lipinski definition) is 7. The fourth-order valence-electron chi connectivity index (χ4n) is 3.56. The molecular formula is C25H21FN4O5. The summed E-state index contributed by atoms with van der Waals surface area (Å²) in [4.78, 5) is 28.9. The fraction of sp³-hybridized carbons (Fsp3) is 0.160. The molecule has 10 heteroatoms. The van der Waals surface area contributed by atoms with Gasteiger partial charge in [-0.25, -0.2) is 9.37 Å². The van der Waals surface area contributed by atoms with Crippen molar-refractivity contribution in [1.29, 1.82) is 0 Å². The van der Waals surface area contributed by atoms with E-state index in [9.17, 15) is 19.1 Å². The summed E-state index contributed by atoms with van der Waals surface area (Å²) in [6.07, 6.45) is -0.499. The molecule has 2 aromatic heterocycles. The van der Waals surface area contributed by atoms with E-state index in [1.165, 1.54) is 31.4 Å². The van der Waals surface area contributed by atoms with E-state index in [1.54, 1.807) is 43.3 Å². The van der Waals surface area contributed by atoms with Gasteiger partial charge in [0.15, 0.2) is 0 Å². The smallest absolute Gasteiger partial charge is 0.305 e. The molecule has 0 bridgehead atoms. The number of methoxy groups -OCH3 is 1. The number of aliphatic carboxylic acids is 1. The van der Waals surface area contributed by atoms with Gasteiger partial charge in [0.2, 0.25) is 11.8 Å². The van der Waals surface area contributed by atoms with Crippen molar-refractivity contribution in [2.75, 3.05) is 7.11 Å². The minimum Gasteiger partial charge on any atom is -0.494 e. The maximum Gasteiger partial charge on any atom is 0.305 e. The highest BCUT2D eigenvalue weighted by atomic mass is 19.1. The van der Waals surface area contributed by atoms with Gasteiger partial charge >= 0.3 is 5.97 Å². The van der Waals surface area contributed by atoms with Crippen LogP contribution in [0.4, 0.5) is 4.39 Å². The van der Waals surface area contributed by atoms with Crippen LogP contribution < -0.4 is 10.1 Å². The summed E-state index contributed by atoms with van der Waals surface area (Å²) < 4.78 is 25.2.